The van der Waals surface area contributed by atoms with Crippen molar-refractivity contribution in [1.29, 1.82) is 0 Å². The Morgan fingerprint density at radius 2 is 2.50 bits per heavy atom. The first-order valence-electron chi connectivity index (χ1n) is 6.78. The number of nitrogens with zero attached hydrogens (tertiary/aromatic N) is 1. The summed E-state index contributed by atoms with van der Waals surface area (Å²) < 4.78 is 5.43. The van der Waals surface area contributed by atoms with Crippen LogP contribution in [0.2, 0.25) is 0 Å². The predicted molar refractivity (Wildman–Crippen MR) is 76.9 cm³/mol. The number of thioether (sulfide) groups is 1. The van der Waals surface area contributed by atoms with Gasteiger partial charge in [-0.15, -0.1) is 0 Å². The van der Waals surface area contributed by atoms with Crippen LogP contribution in [-0.4, -0.2) is 40.9 Å². The molecule has 1 saturated heterocycles. The van der Waals surface area contributed by atoms with E-state index >= 15 is 0 Å². The van der Waals surface area contributed by atoms with Gasteiger partial charge < -0.3 is 15.0 Å². The molecule has 1 aromatic rings. The monoisotopic (exact) mass is 297 g/mol. The number of ether oxygens (including phenoxy) is 1. The van der Waals surface area contributed by atoms with Crippen LogP contribution in [0.15, 0.2) is 16.0 Å². The molecular weight excluding hydrogens is 278 g/mol. The fourth-order valence-electron chi connectivity index (χ4n) is 1.95. The fourth-order valence-corrected chi connectivity index (χ4v) is 2.68. The summed E-state index contributed by atoms with van der Waals surface area (Å²) in [5, 5.41) is 3.32. The second-order valence-electron chi connectivity index (χ2n) is 4.62. The van der Waals surface area contributed by atoms with Crippen LogP contribution in [0.25, 0.3) is 0 Å². The molecule has 2 rings (SSSR count). The second kappa shape index (κ2) is 7.44. The van der Waals surface area contributed by atoms with E-state index < -0.39 is 0 Å². The summed E-state index contributed by atoms with van der Waals surface area (Å²) >= 11 is 1.24. The van der Waals surface area contributed by atoms with Crippen molar-refractivity contribution in [2.75, 3.05) is 18.9 Å². The second-order valence-corrected chi connectivity index (χ2v) is 5.59. The zero-order chi connectivity index (χ0) is 14.4. The Morgan fingerprint density at radius 1 is 1.65 bits per heavy atom. The van der Waals surface area contributed by atoms with Crippen LogP contribution in [0, 0.1) is 0 Å². The quantitative estimate of drug-likeness (QED) is 0.597. The molecule has 1 aromatic heterocycles. The van der Waals surface area contributed by atoms with E-state index in [9.17, 15) is 9.59 Å². The molecule has 110 valence electrons. The predicted octanol–water partition coefficient (Wildman–Crippen LogP) is 0.720. The maximum absolute atomic E-state index is 11.7. The van der Waals surface area contributed by atoms with Crippen molar-refractivity contribution < 1.29 is 9.53 Å². The average molecular weight is 297 g/mol. The number of rotatable bonds is 6. The van der Waals surface area contributed by atoms with Crippen molar-refractivity contribution in [2.45, 2.75) is 37.4 Å². The number of aromatic amines is 1. The minimum Gasteiger partial charge on any atom is -0.376 e. The van der Waals surface area contributed by atoms with Gasteiger partial charge in [0.15, 0.2) is 5.16 Å². The van der Waals surface area contributed by atoms with Gasteiger partial charge in [0.2, 0.25) is 5.91 Å². The summed E-state index contributed by atoms with van der Waals surface area (Å²) in [6, 6.07) is 1.47. The van der Waals surface area contributed by atoms with E-state index in [2.05, 4.69) is 15.3 Å². The van der Waals surface area contributed by atoms with Gasteiger partial charge in [-0.2, -0.15) is 0 Å². The molecule has 0 radical (unpaired) electrons. The van der Waals surface area contributed by atoms with Gasteiger partial charge in [-0.25, -0.2) is 4.98 Å². The van der Waals surface area contributed by atoms with Crippen LogP contribution >= 0.6 is 11.8 Å². The normalized spacial score (nSPS) is 18.1. The molecule has 6 nitrogen and oxygen atoms in total. The summed E-state index contributed by atoms with van der Waals surface area (Å²) in [7, 11) is 0. The van der Waals surface area contributed by atoms with Gasteiger partial charge in [0.1, 0.15) is 0 Å². The standard InChI is InChI=1S/C13H19N3O3S/c1-2-9-6-11(17)16-13(15-9)20-8-12(18)14-7-10-4-3-5-19-10/h6,10H,2-5,7-8H2,1H3,(H,14,18)(H,15,16,17)/t10-/m1/s1. The Hall–Kier alpha value is -1.34. The smallest absolute Gasteiger partial charge is 0.251 e. The Bertz CT molecular complexity index is 512. The summed E-state index contributed by atoms with van der Waals surface area (Å²) in [6.07, 6.45) is 2.90. The molecule has 0 bridgehead atoms. The van der Waals surface area contributed by atoms with Crippen molar-refractivity contribution in [2.24, 2.45) is 0 Å². The topological polar surface area (TPSA) is 84.1 Å². The van der Waals surface area contributed by atoms with Gasteiger partial charge in [-0.05, 0) is 19.3 Å². The molecule has 1 fully saturated rings. The first kappa shape index (κ1) is 15.1. The van der Waals surface area contributed by atoms with Gasteiger partial charge >= 0.3 is 0 Å². The summed E-state index contributed by atoms with van der Waals surface area (Å²) in [6.45, 7) is 3.27. The highest BCUT2D eigenvalue weighted by Gasteiger charge is 2.16. The van der Waals surface area contributed by atoms with Gasteiger partial charge in [0.25, 0.3) is 5.56 Å². The number of hydrogen-bond donors (Lipinski definition) is 2. The molecule has 20 heavy (non-hydrogen) atoms. The summed E-state index contributed by atoms with van der Waals surface area (Å²) in [5.74, 6) is 0.165. The van der Waals surface area contributed by atoms with Crippen LogP contribution in [0.1, 0.15) is 25.5 Å². The first-order chi connectivity index (χ1) is 9.67. The SMILES string of the molecule is CCc1cc(=O)[nH]c(SCC(=O)NC[C@H]2CCCO2)n1. The number of hydrogen-bond acceptors (Lipinski definition) is 5. The van der Waals surface area contributed by atoms with Gasteiger partial charge in [0, 0.05) is 24.9 Å². The van der Waals surface area contributed by atoms with E-state index in [1.807, 2.05) is 6.92 Å². The van der Waals surface area contributed by atoms with E-state index in [0.29, 0.717) is 18.1 Å². The van der Waals surface area contributed by atoms with E-state index in [1.54, 1.807) is 0 Å². The lowest BCUT2D eigenvalue weighted by Crippen LogP contribution is -2.33. The molecule has 0 unspecified atom stereocenters. The highest BCUT2D eigenvalue weighted by Crippen LogP contribution is 2.12. The number of H-pyrrole nitrogens is 1. The number of carbonyl (C=O) groups excluding carboxylic acids is 1. The number of nitrogens with one attached hydrogen (secondary N) is 2. The van der Waals surface area contributed by atoms with Crippen LogP contribution in [0.4, 0.5) is 0 Å². The molecule has 0 spiro atoms. The molecule has 1 amide bonds. The molecule has 0 saturated carbocycles. The van der Waals surface area contributed by atoms with Crippen molar-refractivity contribution in [1.82, 2.24) is 15.3 Å². The van der Waals surface area contributed by atoms with Crippen molar-refractivity contribution in [3.05, 3.63) is 22.1 Å². The number of aromatic nitrogens is 2. The molecule has 0 aliphatic carbocycles. The maximum Gasteiger partial charge on any atom is 0.251 e. The van der Waals surface area contributed by atoms with Gasteiger partial charge in [-0.1, -0.05) is 18.7 Å². The Kier molecular flexibility index (Phi) is 5.60. The molecule has 7 heteroatoms. The average Bonchev–Trinajstić information content (AvgIpc) is 2.95. The summed E-state index contributed by atoms with van der Waals surface area (Å²) in [4.78, 5) is 30.0. The van der Waals surface area contributed by atoms with E-state index in [-0.39, 0.29) is 23.3 Å². The highest BCUT2D eigenvalue weighted by atomic mass is 32.2. The van der Waals surface area contributed by atoms with Gasteiger partial charge in [-0.3, -0.25) is 9.59 Å². The van der Waals surface area contributed by atoms with Crippen LogP contribution in [0.3, 0.4) is 0 Å². The number of aryl methyl sites for hydroxylation is 1. The fraction of sp³-hybridized carbons (Fsp3) is 0.615. The molecule has 1 atom stereocenters. The minimum absolute atomic E-state index is 0.0740. The molecule has 1 aliphatic heterocycles. The third-order valence-corrected chi connectivity index (χ3v) is 3.90. The third kappa shape index (κ3) is 4.64. The Balaban J connectivity index is 1.77. The lowest BCUT2D eigenvalue weighted by molar-refractivity contribution is -0.119. The molecular formula is C13H19N3O3S. The van der Waals surface area contributed by atoms with Gasteiger partial charge in [0.05, 0.1) is 11.9 Å². The Morgan fingerprint density at radius 3 is 3.20 bits per heavy atom. The highest BCUT2D eigenvalue weighted by molar-refractivity contribution is 7.99. The largest absolute Gasteiger partial charge is 0.376 e. The van der Waals surface area contributed by atoms with E-state index in [4.69, 9.17) is 4.74 Å². The van der Waals surface area contributed by atoms with E-state index in [1.165, 1.54) is 17.8 Å². The van der Waals surface area contributed by atoms with Crippen molar-refractivity contribution >= 4 is 17.7 Å². The third-order valence-electron chi connectivity index (χ3n) is 3.03. The van der Waals surface area contributed by atoms with Crippen molar-refractivity contribution in [3.8, 4) is 0 Å². The maximum atomic E-state index is 11.7. The Labute approximate surface area is 121 Å². The van der Waals surface area contributed by atoms with Crippen molar-refractivity contribution in [3.63, 3.8) is 0 Å². The molecule has 2 heterocycles. The molecule has 2 N–H and O–H groups in total. The molecule has 1 aliphatic rings. The number of amides is 1. The first-order valence-corrected chi connectivity index (χ1v) is 7.77. The minimum atomic E-state index is -0.181. The van der Waals surface area contributed by atoms with Crippen LogP contribution in [0.5, 0.6) is 0 Å². The van der Waals surface area contributed by atoms with E-state index in [0.717, 1.165) is 25.1 Å². The summed E-state index contributed by atoms with van der Waals surface area (Å²) in [5.41, 5.74) is 0.551. The zero-order valence-electron chi connectivity index (χ0n) is 11.5. The zero-order valence-corrected chi connectivity index (χ0v) is 12.3. The lowest BCUT2D eigenvalue weighted by Gasteiger charge is -2.10. The number of carbonyl (C=O) groups is 1. The lowest BCUT2D eigenvalue weighted by atomic mass is 10.2. The van der Waals surface area contributed by atoms with Crippen LogP contribution in [-0.2, 0) is 16.0 Å². The van der Waals surface area contributed by atoms with Crippen LogP contribution < -0.4 is 10.9 Å². The molecule has 0 aromatic carbocycles.